The van der Waals surface area contributed by atoms with Crippen LogP contribution in [0.25, 0.3) is 5.57 Å². The number of aryl methyl sites for hydroxylation is 1. The SMILES string of the molecule is C=C(C)c1cccc(Cl)c1CC(O)CN1CCC2(CCC(CCc3ccc(C4CC4)cc3)CC2=O)CC1. The average Bonchev–Trinajstić information content (AvgIpc) is 3.73. The molecule has 2 aromatic carbocycles. The Morgan fingerprint density at radius 2 is 1.84 bits per heavy atom. The Morgan fingerprint density at radius 1 is 1.11 bits per heavy atom. The first-order valence-corrected chi connectivity index (χ1v) is 14.7. The predicted molar refractivity (Wildman–Crippen MR) is 153 cm³/mol. The molecular weight excluding hydrogens is 478 g/mol. The van der Waals surface area contributed by atoms with E-state index in [1.807, 2.05) is 25.1 Å². The monoisotopic (exact) mass is 519 g/mol. The maximum atomic E-state index is 13.3. The quantitative estimate of drug-likeness (QED) is 0.379. The number of benzene rings is 2. The van der Waals surface area contributed by atoms with Crippen molar-refractivity contribution in [3.8, 4) is 0 Å². The first kappa shape index (κ1) is 26.7. The van der Waals surface area contributed by atoms with Crippen LogP contribution in [0.5, 0.6) is 0 Å². The molecule has 0 radical (unpaired) electrons. The maximum Gasteiger partial charge on any atom is 0.139 e. The van der Waals surface area contributed by atoms with E-state index in [1.54, 1.807) is 0 Å². The number of hydrogen-bond acceptors (Lipinski definition) is 3. The van der Waals surface area contributed by atoms with Gasteiger partial charge in [-0.05, 0) is 112 Å². The van der Waals surface area contributed by atoms with E-state index in [-0.39, 0.29) is 5.41 Å². The molecule has 3 aliphatic rings. The number of carbonyl (C=O) groups excluding carboxylic acids is 1. The van der Waals surface area contributed by atoms with Crippen LogP contribution in [-0.2, 0) is 17.6 Å². The van der Waals surface area contributed by atoms with Gasteiger partial charge in [0.15, 0.2) is 0 Å². The van der Waals surface area contributed by atoms with E-state index in [1.165, 1.54) is 30.4 Å². The van der Waals surface area contributed by atoms with Gasteiger partial charge in [-0.25, -0.2) is 0 Å². The summed E-state index contributed by atoms with van der Waals surface area (Å²) in [4.78, 5) is 15.7. The van der Waals surface area contributed by atoms with Crippen molar-refractivity contribution in [2.24, 2.45) is 11.3 Å². The van der Waals surface area contributed by atoms with Crippen molar-refractivity contribution in [2.45, 2.75) is 83.2 Å². The largest absolute Gasteiger partial charge is 0.391 e. The summed E-state index contributed by atoms with van der Waals surface area (Å²) in [7, 11) is 0. The highest BCUT2D eigenvalue weighted by atomic mass is 35.5. The van der Waals surface area contributed by atoms with Crippen molar-refractivity contribution in [1.82, 2.24) is 4.90 Å². The number of hydrogen-bond donors (Lipinski definition) is 1. The zero-order chi connectivity index (χ0) is 26.0. The molecule has 1 aliphatic heterocycles. The molecule has 4 heteroatoms. The van der Waals surface area contributed by atoms with Gasteiger partial charge in [-0.15, -0.1) is 0 Å². The fourth-order valence-corrected chi connectivity index (χ4v) is 6.90. The molecule has 1 N–H and O–H groups in total. The number of aliphatic hydroxyl groups excluding tert-OH is 1. The van der Waals surface area contributed by atoms with Crippen LogP contribution in [0.15, 0.2) is 49.0 Å². The van der Waals surface area contributed by atoms with Gasteiger partial charge in [0.25, 0.3) is 0 Å². The van der Waals surface area contributed by atoms with Gasteiger partial charge in [-0.3, -0.25) is 4.79 Å². The average molecular weight is 520 g/mol. The lowest BCUT2D eigenvalue weighted by atomic mass is 9.64. The summed E-state index contributed by atoms with van der Waals surface area (Å²) < 4.78 is 0. The number of allylic oxidation sites excluding steroid dienone is 1. The van der Waals surface area contributed by atoms with Crippen LogP contribution >= 0.6 is 11.6 Å². The Bertz CT molecular complexity index is 1110. The predicted octanol–water partition coefficient (Wildman–Crippen LogP) is 7.24. The number of β-amino-alcohol motifs (C(OH)–C–C–N with tert-alkyl or cyclic N) is 1. The summed E-state index contributed by atoms with van der Waals surface area (Å²) in [6, 6.07) is 15.1. The molecule has 2 aromatic rings. The zero-order valence-corrected chi connectivity index (χ0v) is 23.1. The minimum atomic E-state index is -0.489. The minimum Gasteiger partial charge on any atom is -0.391 e. The number of ketones is 1. The van der Waals surface area contributed by atoms with Gasteiger partial charge in [-0.2, -0.15) is 0 Å². The van der Waals surface area contributed by atoms with E-state index in [0.717, 1.165) is 74.2 Å². The fraction of sp³-hybridized carbons (Fsp3) is 0.545. The summed E-state index contributed by atoms with van der Waals surface area (Å²) in [5.41, 5.74) is 5.76. The fourth-order valence-electron chi connectivity index (χ4n) is 6.65. The molecule has 2 atom stereocenters. The van der Waals surface area contributed by atoms with Crippen LogP contribution in [0.3, 0.4) is 0 Å². The van der Waals surface area contributed by atoms with E-state index < -0.39 is 6.10 Å². The number of likely N-dealkylation sites (tertiary alicyclic amines) is 1. The second-order valence-corrected chi connectivity index (χ2v) is 12.5. The first-order valence-electron chi connectivity index (χ1n) is 14.3. The number of rotatable bonds is 9. The molecule has 3 fully saturated rings. The summed E-state index contributed by atoms with van der Waals surface area (Å²) in [5, 5.41) is 11.6. The molecular formula is C33H42ClNO2. The molecule has 0 amide bonds. The standard InChI is InChI=1S/C33H42ClNO2/c1-23(2)29-4-3-5-31(34)30(29)21-28(36)22-35-18-16-33(17-19-35)15-14-25(20-32(33)37)7-6-24-8-10-26(11-9-24)27-12-13-27/h3-5,8-11,25,27-28,36H,1,6-7,12-22H2,2H3. The van der Waals surface area contributed by atoms with E-state index in [0.29, 0.717) is 29.7 Å². The van der Waals surface area contributed by atoms with Gasteiger partial charge in [0.05, 0.1) is 6.10 Å². The second kappa shape index (κ2) is 11.4. The van der Waals surface area contributed by atoms with E-state index >= 15 is 0 Å². The molecule has 0 aromatic heterocycles. The van der Waals surface area contributed by atoms with Gasteiger partial charge in [0, 0.05) is 29.8 Å². The lowest BCUT2D eigenvalue weighted by Gasteiger charge is -2.45. The molecule has 3 nitrogen and oxygen atoms in total. The molecule has 37 heavy (non-hydrogen) atoms. The Labute approximate surface area is 227 Å². The van der Waals surface area contributed by atoms with Crippen LogP contribution in [0.4, 0.5) is 0 Å². The first-order chi connectivity index (χ1) is 17.8. The summed E-state index contributed by atoms with van der Waals surface area (Å²) in [6.45, 7) is 8.43. The Kier molecular flexibility index (Phi) is 8.24. The highest BCUT2D eigenvalue weighted by molar-refractivity contribution is 6.31. The third-order valence-electron chi connectivity index (χ3n) is 9.27. The van der Waals surface area contributed by atoms with Crippen LogP contribution in [-0.4, -0.2) is 41.5 Å². The van der Waals surface area contributed by atoms with Crippen molar-refractivity contribution >= 4 is 23.0 Å². The lowest BCUT2D eigenvalue weighted by molar-refractivity contribution is -0.136. The normalized spacial score (nSPS) is 22.8. The highest BCUT2D eigenvalue weighted by Gasteiger charge is 2.44. The molecule has 2 aliphatic carbocycles. The van der Waals surface area contributed by atoms with Crippen molar-refractivity contribution < 1.29 is 9.90 Å². The van der Waals surface area contributed by atoms with Crippen LogP contribution in [0.1, 0.15) is 86.5 Å². The number of carbonyl (C=O) groups is 1. The smallest absolute Gasteiger partial charge is 0.139 e. The van der Waals surface area contributed by atoms with Gasteiger partial charge in [0.2, 0.25) is 0 Å². The Morgan fingerprint density at radius 3 is 2.49 bits per heavy atom. The van der Waals surface area contributed by atoms with E-state index in [2.05, 4.69) is 35.7 Å². The molecule has 2 saturated carbocycles. The lowest BCUT2D eigenvalue weighted by Crippen LogP contribution is -2.48. The number of piperidine rings is 1. The van der Waals surface area contributed by atoms with Gasteiger partial charge in [0.1, 0.15) is 5.78 Å². The Balaban J connectivity index is 1.08. The summed E-state index contributed by atoms with van der Waals surface area (Å²) >= 11 is 6.46. The zero-order valence-electron chi connectivity index (χ0n) is 22.4. The Hall–Kier alpha value is -1.94. The maximum absolute atomic E-state index is 13.3. The van der Waals surface area contributed by atoms with Crippen LogP contribution in [0, 0.1) is 11.3 Å². The molecule has 1 spiro atoms. The van der Waals surface area contributed by atoms with Crippen molar-refractivity contribution in [2.75, 3.05) is 19.6 Å². The molecule has 0 bridgehead atoms. The van der Waals surface area contributed by atoms with E-state index in [4.69, 9.17) is 11.6 Å². The minimum absolute atomic E-state index is 0.125. The summed E-state index contributed by atoms with van der Waals surface area (Å²) in [5.74, 6) is 1.84. The number of halogens is 1. The van der Waals surface area contributed by atoms with Crippen LogP contribution < -0.4 is 0 Å². The molecule has 198 valence electrons. The molecule has 1 heterocycles. The molecule has 2 unspecified atom stereocenters. The van der Waals surface area contributed by atoms with Crippen molar-refractivity contribution in [3.63, 3.8) is 0 Å². The van der Waals surface area contributed by atoms with Gasteiger partial charge < -0.3 is 10.0 Å². The topological polar surface area (TPSA) is 40.5 Å². The molecule has 1 saturated heterocycles. The van der Waals surface area contributed by atoms with Gasteiger partial charge >= 0.3 is 0 Å². The number of Topliss-reactive ketones (excluding diaryl/α,β-unsaturated/α-hetero) is 1. The third-order valence-corrected chi connectivity index (χ3v) is 9.62. The number of nitrogens with zero attached hydrogens (tertiary/aromatic N) is 1. The van der Waals surface area contributed by atoms with E-state index in [9.17, 15) is 9.90 Å². The summed E-state index contributed by atoms with van der Waals surface area (Å²) in [6.07, 6.45) is 9.75. The van der Waals surface area contributed by atoms with Crippen molar-refractivity contribution in [3.05, 3.63) is 76.3 Å². The van der Waals surface area contributed by atoms with Crippen LogP contribution in [0.2, 0.25) is 5.02 Å². The highest BCUT2D eigenvalue weighted by Crippen LogP contribution is 2.45. The molecule has 5 rings (SSSR count). The third kappa shape index (κ3) is 6.38. The van der Waals surface area contributed by atoms with Gasteiger partial charge in [-0.1, -0.05) is 60.2 Å². The van der Waals surface area contributed by atoms with Crippen molar-refractivity contribution in [1.29, 1.82) is 0 Å². The second-order valence-electron chi connectivity index (χ2n) is 12.1. The number of aliphatic hydroxyl groups is 1.